The predicted molar refractivity (Wildman–Crippen MR) is 158 cm³/mol. The van der Waals surface area contributed by atoms with Crippen molar-refractivity contribution in [1.29, 1.82) is 0 Å². The molecule has 0 bridgehead atoms. The van der Waals surface area contributed by atoms with Crippen molar-refractivity contribution in [1.82, 2.24) is 14.8 Å². The highest BCUT2D eigenvalue weighted by molar-refractivity contribution is 7.98. The maximum absolute atomic E-state index is 13.7. The number of urea groups is 1. The van der Waals surface area contributed by atoms with E-state index in [1.54, 1.807) is 16.7 Å². The lowest BCUT2D eigenvalue weighted by Crippen LogP contribution is -2.46. The molecule has 198 valence electrons. The van der Waals surface area contributed by atoms with E-state index in [-0.39, 0.29) is 24.4 Å². The fourth-order valence-electron chi connectivity index (χ4n) is 4.49. The van der Waals surface area contributed by atoms with Gasteiger partial charge in [-0.15, -0.1) is 11.8 Å². The minimum atomic E-state index is -0.264. The molecule has 1 heterocycles. The van der Waals surface area contributed by atoms with Crippen molar-refractivity contribution in [2.45, 2.75) is 31.7 Å². The van der Waals surface area contributed by atoms with Gasteiger partial charge in [0.25, 0.3) is 0 Å². The smallest absolute Gasteiger partial charge is 0.322 e. The topological polar surface area (TPSA) is 68.4 Å². The average molecular weight is 529 g/mol. The summed E-state index contributed by atoms with van der Waals surface area (Å²) in [7, 11) is 0. The molecule has 7 heteroatoms. The number of para-hydroxylation sites is 1. The second kappa shape index (κ2) is 13.2. The third kappa shape index (κ3) is 7.42. The van der Waals surface area contributed by atoms with Gasteiger partial charge in [0.1, 0.15) is 6.54 Å². The Morgan fingerprint density at radius 3 is 2.34 bits per heavy atom. The van der Waals surface area contributed by atoms with Crippen molar-refractivity contribution in [3.63, 3.8) is 0 Å². The van der Waals surface area contributed by atoms with Gasteiger partial charge >= 0.3 is 6.03 Å². The molecule has 0 radical (unpaired) electrons. The van der Waals surface area contributed by atoms with Crippen molar-refractivity contribution < 1.29 is 9.59 Å². The van der Waals surface area contributed by atoms with E-state index in [9.17, 15) is 9.59 Å². The van der Waals surface area contributed by atoms with Crippen molar-refractivity contribution in [3.05, 3.63) is 96.2 Å². The van der Waals surface area contributed by atoms with Crippen LogP contribution in [0.3, 0.4) is 0 Å². The molecule has 6 nitrogen and oxygen atoms in total. The van der Waals surface area contributed by atoms with E-state index in [0.717, 1.165) is 28.1 Å². The van der Waals surface area contributed by atoms with E-state index >= 15 is 0 Å². The van der Waals surface area contributed by atoms with Gasteiger partial charge in [0, 0.05) is 47.3 Å². The van der Waals surface area contributed by atoms with E-state index in [2.05, 4.69) is 36.3 Å². The molecule has 4 aromatic rings. The van der Waals surface area contributed by atoms with Crippen LogP contribution in [0, 0.1) is 5.92 Å². The summed E-state index contributed by atoms with van der Waals surface area (Å²) in [5.41, 5.74) is 4.05. The van der Waals surface area contributed by atoms with Crippen LogP contribution in [-0.4, -0.2) is 52.6 Å². The number of anilines is 1. The number of hydrogen-bond acceptors (Lipinski definition) is 3. The van der Waals surface area contributed by atoms with Gasteiger partial charge in [-0.1, -0.05) is 62.4 Å². The predicted octanol–water partition coefficient (Wildman–Crippen LogP) is 6.65. The molecule has 0 atom stereocenters. The summed E-state index contributed by atoms with van der Waals surface area (Å²) in [4.78, 5) is 34.9. The van der Waals surface area contributed by atoms with Crippen LogP contribution in [0.5, 0.6) is 0 Å². The normalized spacial score (nSPS) is 11.1. The number of hydrogen-bond donors (Lipinski definition) is 2. The van der Waals surface area contributed by atoms with Gasteiger partial charge in [-0.05, 0) is 60.1 Å². The Morgan fingerprint density at radius 2 is 1.63 bits per heavy atom. The zero-order valence-corrected chi connectivity index (χ0v) is 23.1. The van der Waals surface area contributed by atoms with E-state index in [1.165, 1.54) is 10.9 Å². The molecule has 0 fully saturated rings. The molecule has 1 aromatic heterocycles. The van der Waals surface area contributed by atoms with Gasteiger partial charge in [0.15, 0.2) is 0 Å². The maximum atomic E-state index is 13.7. The molecular weight excluding hydrogens is 492 g/mol. The molecule has 3 aromatic carbocycles. The van der Waals surface area contributed by atoms with Crippen molar-refractivity contribution in [2.75, 3.05) is 31.2 Å². The highest BCUT2D eigenvalue weighted by Crippen LogP contribution is 2.20. The molecule has 3 amide bonds. The number of H-pyrrole nitrogens is 1. The average Bonchev–Trinajstić information content (AvgIpc) is 3.34. The lowest BCUT2D eigenvalue weighted by molar-refractivity contribution is -0.132. The number of nitrogens with one attached hydrogen (secondary N) is 2. The first-order valence-corrected chi connectivity index (χ1v) is 14.2. The maximum Gasteiger partial charge on any atom is 0.322 e. The number of fused-ring (bicyclic) bond motifs is 1. The van der Waals surface area contributed by atoms with E-state index in [4.69, 9.17) is 0 Å². The molecule has 0 spiro atoms. The van der Waals surface area contributed by atoms with Crippen molar-refractivity contribution in [2.24, 2.45) is 5.92 Å². The Balaban J connectivity index is 1.49. The Kier molecular flexibility index (Phi) is 9.49. The molecule has 2 N–H and O–H groups in total. The summed E-state index contributed by atoms with van der Waals surface area (Å²) in [5, 5.41) is 4.14. The molecule has 0 saturated heterocycles. The quantitative estimate of drug-likeness (QED) is 0.214. The highest BCUT2D eigenvalue weighted by atomic mass is 32.2. The molecule has 0 aliphatic carbocycles. The van der Waals surface area contributed by atoms with E-state index in [0.29, 0.717) is 19.6 Å². The fourth-order valence-corrected chi connectivity index (χ4v) is 4.90. The van der Waals surface area contributed by atoms with Crippen LogP contribution in [0.1, 0.15) is 25.0 Å². The van der Waals surface area contributed by atoms with Crippen LogP contribution in [0.25, 0.3) is 10.9 Å². The highest BCUT2D eigenvalue weighted by Gasteiger charge is 2.23. The Bertz CT molecular complexity index is 1340. The first-order valence-electron chi connectivity index (χ1n) is 13.0. The van der Waals surface area contributed by atoms with Gasteiger partial charge in [-0.2, -0.15) is 0 Å². The summed E-state index contributed by atoms with van der Waals surface area (Å²) in [5.74, 6) is 0.156. The van der Waals surface area contributed by atoms with Gasteiger partial charge in [0.2, 0.25) is 5.91 Å². The van der Waals surface area contributed by atoms with Gasteiger partial charge in [0.05, 0.1) is 0 Å². The lowest BCUT2D eigenvalue weighted by Gasteiger charge is -2.29. The molecular formula is C31H36N4O2S. The summed E-state index contributed by atoms with van der Waals surface area (Å²) < 4.78 is 0. The third-order valence-electron chi connectivity index (χ3n) is 6.44. The van der Waals surface area contributed by atoms with Gasteiger partial charge in [-0.25, -0.2) is 4.79 Å². The molecule has 0 aliphatic heterocycles. The largest absolute Gasteiger partial charge is 0.361 e. The number of rotatable bonds is 11. The molecule has 38 heavy (non-hydrogen) atoms. The number of carbonyl (C=O) groups is 2. The summed E-state index contributed by atoms with van der Waals surface area (Å²) in [6.45, 7) is 5.67. The number of amides is 3. The summed E-state index contributed by atoms with van der Waals surface area (Å²) >= 11 is 1.65. The van der Waals surface area contributed by atoms with Gasteiger partial charge < -0.3 is 20.1 Å². The number of nitrogens with zero attached hydrogens (tertiary/aromatic N) is 2. The molecule has 0 saturated carbocycles. The van der Waals surface area contributed by atoms with Crippen LogP contribution in [0.4, 0.5) is 10.5 Å². The molecule has 0 unspecified atom stereocenters. The van der Waals surface area contributed by atoms with Crippen LogP contribution in [0.2, 0.25) is 0 Å². The van der Waals surface area contributed by atoms with Crippen molar-refractivity contribution in [3.8, 4) is 0 Å². The zero-order valence-electron chi connectivity index (χ0n) is 22.3. The van der Waals surface area contributed by atoms with Crippen LogP contribution in [-0.2, 0) is 17.8 Å². The molecule has 0 aliphatic rings. The van der Waals surface area contributed by atoms with E-state index < -0.39 is 0 Å². The lowest BCUT2D eigenvalue weighted by atomic mass is 10.1. The van der Waals surface area contributed by atoms with Crippen molar-refractivity contribution >= 4 is 40.3 Å². The first kappa shape index (κ1) is 27.3. The monoisotopic (exact) mass is 528 g/mol. The van der Waals surface area contributed by atoms with Gasteiger partial charge in [-0.3, -0.25) is 4.79 Å². The second-order valence-corrected chi connectivity index (χ2v) is 10.7. The minimum Gasteiger partial charge on any atom is -0.361 e. The Morgan fingerprint density at radius 1 is 0.921 bits per heavy atom. The SMILES string of the molecule is CSc1ccc(NC(=O)N(CC(=O)N(CCc2c[nH]c3ccccc23)Cc2ccccc2)CC(C)C)cc1. The second-order valence-electron chi connectivity index (χ2n) is 9.84. The summed E-state index contributed by atoms with van der Waals surface area (Å²) in [6.07, 6.45) is 4.76. The number of aromatic nitrogens is 1. The van der Waals surface area contributed by atoms with Crippen LogP contribution >= 0.6 is 11.8 Å². The third-order valence-corrected chi connectivity index (χ3v) is 7.18. The van der Waals surface area contributed by atoms with Crippen LogP contribution < -0.4 is 5.32 Å². The van der Waals surface area contributed by atoms with E-state index in [1.807, 2.05) is 84.1 Å². The van der Waals surface area contributed by atoms with Crippen LogP contribution in [0.15, 0.2) is 90.0 Å². The Labute approximate surface area is 229 Å². The Hall–Kier alpha value is -3.71. The standard InChI is InChI=1S/C31H36N4O2S/c1-23(2)20-35(31(37)33-26-13-15-27(38-3)16-14-26)22-30(36)34(21-24-9-5-4-6-10-24)18-17-25-19-32-29-12-8-7-11-28(25)29/h4-16,19,23,32H,17-18,20-22H2,1-3H3,(H,33,37). The molecule has 4 rings (SSSR count). The fraction of sp³-hybridized carbons (Fsp3) is 0.290. The number of carbonyl (C=O) groups excluding carboxylic acids is 2. The number of aromatic amines is 1. The zero-order chi connectivity index (χ0) is 26.9. The number of thioether (sulfide) groups is 1. The minimum absolute atomic E-state index is 0.0215. The number of benzene rings is 3. The first-order chi connectivity index (χ1) is 18.4. The summed E-state index contributed by atoms with van der Waals surface area (Å²) in [6, 6.07) is 25.7.